The number of hydrogen-bond acceptors (Lipinski definition) is 12. The van der Waals surface area contributed by atoms with Gasteiger partial charge in [-0.05, 0) is 78.4 Å². The number of nitrogens with zero attached hydrogens (tertiary/aromatic N) is 8. The van der Waals surface area contributed by atoms with Crippen LogP contribution >= 0.6 is 0 Å². The van der Waals surface area contributed by atoms with Gasteiger partial charge >= 0.3 is 12.2 Å². The van der Waals surface area contributed by atoms with Gasteiger partial charge in [0, 0.05) is 63.6 Å². The Hall–Kier alpha value is -7.38. The lowest BCUT2D eigenvalue weighted by molar-refractivity contribution is -0.0288. The molecule has 2 N–H and O–H groups in total. The topological polar surface area (TPSA) is 194 Å². The molecule has 4 saturated heterocycles. The van der Waals surface area contributed by atoms with E-state index in [1.807, 2.05) is 182 Å². The molecule has 2 aromatic heterocycles. The zero-order valence-corrected chi connectivity index (χ0v) is 46.8. The number of hydrogen-bond donors (Lipinski definition) is 2. The summed E-state index contributed by atoms with van der Waals surface area (Å²) in [6, 6.07) is 38.0. The first-order chi connectivity index (χ1) is 38.4. The molecule has 6 atom stereocenters. The maximum absolute atomic E-state index is 14.3. The molecule has 424 valence electrons. The minimum atomic E-state index is -0.607. The standard InChI is InChI=1S/2C31H38N4O5/c2*1-31(2,3)40-30(38)33-15-16-34(24(19-33)18-22-10-6-4-7-11-22)29(37)27-28(23-12-8-5-9-13-23)35(21-32-27)25-20-39-17-14-26(25)36/h2*4-13,21,24-26,36H,14-20H2,1-3H3/t24-,25?,26+;24-,25?,26-/m11/s1. The van der Waals surface area contributed by atoms with Crippen molar-refractivity contribution in [1.29, 1.82) is 0 Å². The number of ether oxygens (including phenoxy) is 4. The molecule has 18 heteroatoms. The average molecular weight is 1090 g/mol. The monoisotopic (exact) mass is 1090 g/mol. The molecule has 4 aromatic carbocycles. The summed E-state index contributed by atoms with van der Waals surface area (Å²) < 4.78 is 26.4. The normalized spacial score (nSPS) is 21.8. The minimum absolute atomic E-state index is 0.200. The molecule has 10 rings (SSSR count). The fourth-order valence-electron chi connectivity index (χ4n) is 10.9. The lowest BCUT2D eigenvalue weighted by Crippen LogP contribution is -2.58. The van der Waals surface area contributed by atoms with Gasteiger partial charge in [-0.2, -0.15) is 0 Å². The smallest absolute Gasteiger partial charge is 0.410 e. The molecular formula is C62H76N8O10. The van der Waals surface area contributed by atoms with E-state index in [2.05, 4.69) is 9.97 Å². The predicted molar refractivity (Wildman–Crippen MR) is 302 cm³/mol. The van der Waals surface area contributed by atoms with Gasteiger partial charge in [-0.1, -0.05) is 121 Å². The van der Waals surface area contributed by atoms with E-state index in [1.165, 1.54) is 0 Å². The van der Waals surface area contributed by atoms with Gasteiger partial charge in [0.1, 0.15) is 11.2 Å². The second kappa shape index (κ2) is 25.4. The Balaban J connectivity index is 0.000000194. The van der Waals surface area contributed by atoms with Gasteiger partial charge in [-0.15, -0.1) is 0 Å². The first kappa shape index (κ1) is 57.3. The Bertz CT molecular complexity index is 2810. The molecule has 0 spiro atoms. The molecule has 80 heavy (non-hydrogen) atoms. The Kier molecular flexibility index (Phi) is 18.2. The molecule has 0 aliphatic carbocycles. The van der Waals surface area contributed by atoms with E-state index in [1.54, 1.807) is 22.5 Å². The van der Waals surface area contributed by atoms with Crippen LogP contribution in [-0.2, 0) is 31.8 Å². The second-order valence-electron chi connectivity index (χ2n) is 23.0. The third-order valence-electron chi connectivity index (χ3n) is 14.8. The first-order valence-corrected chi connectivity index (χ1v) is 27.8. The summed E-state index contributed by atoms with van der Waals surface area (Å²) in [5.74, 6) is -0.401. The largest absolute Gasteiger partial charge is 0.444 e. The van der Waals surface area contributed by atoms with Crippen molar-refractivity contribution in [3.63, 3.8) is 0 Å². The van der Waals surface area contributed by atoms with Gasteiger partial charge < -0.3 is 57.9 Å². The molecule has 2 unspecified atom stereocenters. The van der Waals surface area contributed by atoms with E-state index in [0.29, 0.717) is 114 Å². The highest BCUT2D eigenvalue weighted by Crippen LogP contribution is 2.34. The maximum atomic E-state index is 14.3. The van der Waals surface area contributed by atoms with Gasteiger partial charge in [0.05, 0.1) is 73.6 Å². The average Bonchev–Trinajstić information content (AvgIpc) is 4.09. The Morgan fingerprint density at radius 3 is 1.21 bits per heavy atom. The van der Waals surface area contributed by atoms with Crippen LogP contribution in [0.3, 0.4) is 0 Å². The predicted octanol–water partition coefficient (Wildman–Crippen LogP) is 8.35. The van der Waals surface area contributed by atoms with Crippen molar-refractivity contribution in [2.24, 2.45) is 0 Å². The lowest BCUT2D eigenvalue weighted by Gasteiger charge is -2.41. The van der Waals surface area contributed by atoms with Crippen LogP contribution in [0.4, 0.5) is 9.59 Å². The van der Waals surface area contributed by atoms with Gasteiger partial charge in [-0.25, -0.2) is 19.6 Å². The molecule has 4 aliphatic rings. The zero-order chi connectivity index (χ0) is 56.6. The fourth-order valence-corrected chi connectivity index (χ4v) is 10.9. The Morgan fingerprint density at radius 1 is 0.525 bits per heavy atom. The highest BCUT2D eigenvalue weighted by atomic mass is 16.6. The van der Waals surface area contributed by atoms with Gasteiger partial charge in [0.25, 0.3) is 11.8 Å². The number of aliphatic hydroxyl groups excluding tert-OH is 2. The number of carbonyl (C=O) groups is 4. The third kappa shape index (κ3) is 14.0. The van der Waals surface area contributed by atoms with Gasteiger partial charge in [-0.3, -0.25) is 9.59 Å². The van der Waals surface area contributed by atoms with E-state index in [-0.39, 0.29) is 48.2 Å². The number of benzene rings is 4. The van der Waals surface area contributed by atoms with Crippen LogP contribution in [0.15, 0.2) is 134 Å². The van der Waals surface area contributed by atoms with Crippen LogP contribution in [0.5, 0.6) is 0 Å². The molecule has 0 bridgehead atoms. The minimum Gasteiger partial charge on any atom is -0.444 e. The summed E-state index contributed by atoms with van der Waals surface area (Å²) >= 11 is 0. The van der Waals surface area contributed by atoms with Crippen molar-refractivity contribution in [2.45, 2.75) is 115 Å². The van der Waals surface area contributed by atoms with E-state index in [0.717, 1.165) is 22.3 Å². The van der Waals surface area contributed by atoms with Crippen molar-refractivity contribution < 1.29 is 48.3 Å². The van der Waals surface area contributed by atoms with E-state index in [4.69, 9.17) is 18.9 Å². The summed E-state index contributed by atoms with van der Waals surface area (Å²) in [7, 11) is 0. The number of carbonyl (C=O) groups excluding carboxylic acids is 4. The van der Waals surface area contributed by atoms with E-state index < -0.39 is 23.4 Å². The van der Waals surface area contributed by atoms with E-state index >= 15 is 0 Å². The Labute approximate surface area is 468 Å². The van der Waals surface area contributed by atoms with Crippen LogP contribution in [0.2, 0.25) is 0 Å². The van der Waals surface area contributed by atoms with Crippen LogP contribution in [-0.4, -0.2) is 174 Å². The summed E-state index contributed by atoms with van der Waals surface area (Å²) in [6.07, 6.45) is 3.54. The quantitative estimate of drug-likeness (QED) is 0.133. The zero-order valence-electron chi connectivity index (χ0n) is 46.8. The molecular weight excluding hydrogens is 1020 g/mol. The summed E-state index contributed by atoms with van der Waals surface area (Å²) in [5.41, 5.74) is 4.59. The SMILES string of the molecule is CC(C)(C)OC(=O)N1CCN(C(=O)c2ncn(C3COCC[C@@H]3O)c2-c2ccccc2)[C@H](Cc2ccccc2)C1.CC(C)(C)OC(=O)N1CCN(C(=O)c2ncn(C3COCC[C@H]3O)c2-c2ccccc2)[C@H](Cc2ccccc2)C1. The molecule has 4 amide bonds. The van der Waals surface area contributed by atoms with Gasteiger partial charge in [0.2, 0.25) is 0 Å². The van der Waals surface area contributed by atoms with Crippen molar-refractivity contribution in [1.82, 2.24) is 38.7 Å². The Morgan fingerprint density at radius 2 is 0.875 bits per heavy atom. The number of amides is 4. The molecule has 0 radical (unpaired) electrons. The highest BCUT2D eigenvalue weighted by Gasteiger charge is 2.40. The molecule has 0 saturated carbocycles. The summed E-state index contributed by atoms with van der Waals surface area (Å²) in [4.78, 5) is 70.8. The van der Waals surface area contributed by atoms with E-state index in [9.17, 15) is 29.4 Å². The second-order valence-corrected chi connectivity index (χ2v) is 23.0. The number of aromatic nitrogens is 4. The molecule has 6 aromatic rings. The number of rotatable bonds is 10. The molecule has 4 fully saturated rings. The van der Waals surface area contributed by atoms with Crippen LogP contribution in [0.1, 0.15) is 98.6 Å². The van der Waals surface area contributed by atoms with Crippen molar-refractivity contribution in [3.05, 3.63) is 156 Å². The third-order valence-corrected chi connectivity index (χ3v) is 14.8. The molecule has 18 nitrogen and oxygen atoms in total. The number of aliphatic hydroxyl groups is 2. The first-order valence-electron chi connectivity index (χ1n) is 27.8. The number of imidazole rings is 2. The van der Waals surface area contributed by atoms with Crippen LogP contribution in [0, 0.1) is 0 Å². The van der Waals surface area contributed by atoms with Crippen molar-refractivity contribution in [2.75, 3.05) is 65.7 Å². The highest BCUT2D eigenvalue weighted by molar-refractivity contribution is 5.99. The molecule has 6 heterocycles. The number of piperazine rings is 2. The van der Waals surface area contributed by atoms with Crippen molar-refractivity contribution >= 4 is 24.0 Å². The maximum Gasteiger partial charge on any atom is 0.410 e. The van der Waals surface area contributed by atoms with Crippen LogP contribution in [0.25, 0.3) is 22.5 Å². The van der Waals surface area contributed by atoms with Crippen molar-refractivity contribution in [3.8, 4) is 22.5 Å². The fraction of sp³-hybridized carbons (Fsp3) is 0.452. The summed E-state index contributed by atoms with van der Waals surface area (Å²) in [5, 5.41) is 21.6. The van der Waals surface area contributed by atoms with Crippen LogP contribution < -0.4 is 0 Å². The molecule has 4 aliphatic heterocycles. The summed E-state index contributed by atoms with van der Waals surface area (Å²) in [6.45, 7) is 14.9. The lowest BCUT2D eigenvalue weighted by atomic mass is 10.0. The van der Waals surface area contributed by atoms with Gasteiger partial charge in [0.15, 0.2) is 11.4 Å².